The van der Waals surface area contributed by atoms with E-state index in [2.05, 4.69) is 21.4 Å². The van der Waals surface area contributed by atoms with E-state index in [0.29, 0.717) is 11.6 Å². The summed E-state index contributed by atoms with van der Waals surface area (Å²) in [6.07, 6.45) is 2.34. The summed E-state index contributed by atoms with van der Waals surface area (Å²) in [4.78, 5) is 7.34. The summed E-state index contributed by atoms with van der Waals surface area (Å²) in [5.41, 5.74) is 2.51. The third-order valence-electron chi connectivity index (χ3n) is 2.22. The monoisotopic (exact) mass is 225 g/mol. The molecule has 0 fully saturated rings. The van der Waals surface area contributed by atoms with E-state index in [4.69, 9.17) is 11.1 Å². The third-order valence-corrected chi connectivity index (χ3v) is 3.13. The van der Waals surface area contributed by atoms with E-state index in [1.54, 1.807) is 6.20 Å². The molecule has 1 aromatic heterocycles. The predicted molar refractivity (Wildman–Crippen MR) is 61.1 cm³/mol. The molecule has 0 radical (unpaired) electrons. The fourth-order valence-electron chi connectivity index (χ4n) is 1.14. The molecule has 1 rings (SSSR count). The lowest BCUT2D eigenvalue weighted by atomic mass is 10.2. The third kappa shape index (κ3) is 3.47. The molecule has 15 heavy (non-hydrogen) atoms. The molecule has 0 amide bonds. The number of nitrogen functional groups attached to an aromatic ring is 1. The zero-order valence-electron chi connectivity index (χ0n) is 8.90. The van der Waals surface area contributed by atoms with Crippen molar-refractivity contribution in [3.05, 3.63) is 11.1 Å². The Bertz CT molecular complexity index is 343. The summed E-state index contributed by atoms with van der Waals surface area (Å²) in [7, 11) is 2.00. The maximum atomic E-state index is 8.58. The van der Waals surface area contributed by atoms with Gasteiger partial charge in [0, 0.05) is 23.7 Å². The van der Waals surface area contributed by atoms with Gasteiger partial charge in [-0.25, -0.2) is 10.8 Å². The van der Waals surface area contributed by atoms with Crippen LogP contribution in [0.3, 0.4) is 0 Å². The van der Waals surface area contributed by atoms with Crippen LogP contribution < -0.4 is 11.3 Å². The summed E-state index contributed by atoms with van der Waals surface area (Å²) < 4.78 is 0. The minimum atomic E-state index is 0.256. The number of nitrogens with one attached hydrogen (secondary N) is 1. The molecule has 3 N–H and O–H groups in total. The first-order chi connectivity index (χ1) is 7.17. The number of thiazole rings is 1. The first-order valence-electron chi connectivity index (χ1n) is 4.66. The van der Waals surface area contributed by atoms with E-state index >= 15 is 0 Å². The molecule has 0 saturated heterocycles. The van der Waals surface area contributed by atoms with Gasteiger partial charge in [0.25, 0.3) is 0 Å². The van der Waals surface area contributed by atoms with Crippen LogP contribution in [-0.4, -0.2) is 23.0 Å². The Hall–Kier alpha value is -1.16. The van der Waals surface area contributed by atoms with Crippen LogP contribution in [0.25, 0.3) is 0 Å². The molecular formula is C9H15N5S. The standard InChI is InChI=1S/C9H15N5S/c1-7(3-4-10)14(2)6-8-5-12-9(13-11)15-8/h5,7H,3,6,11H2,1-2H3,(H,12,13). The first kappa shape index (κ1) is 11.9. The maximum Gasteiger partial charge on any atom is 0.197 e. The Balaban J connectivity index is 2.50. The highest BCUT2D eigenvalue weighted by Crippen LogP contribution is 2.19. The van der Waals surface area contributed by atoms with Gasteiger partial charge in [0.1, 0.15) is 0 Å². The van der Waals surface area contributed by atoms with Crippen molar-refractivity contribution in [2.24, 2.45) is 5.84 Å². The zero-order chi connectivity index (χ0) is 11.3. The predicted octanol–water partition coefficient (Wildman–Crippen LogP) is 1.16. The molecule has 0 saturated carbocycles. The minimum absolute atomic E-state index is 0.256. The van der Waals surface area contributed by atoms with Gasteiger partial charge in [-0.05, 0) is 14.0 Å². The quantitative estimate of drug-likeness (QED) is 0.581. The zero-order valence-corrected chi connectivity index (χ0v) is 9.71. The van der Waals surface area contributed by atoms with Crippen LogP contribution >= 0.6 is 11.3 Å². The Kier molecular flexibility index (Phi) is 4.49. The summed E-state index contributed by atoms with van der Waals surface area (Å²) in [5.74, 6) is 5.24. The molecule has 0 aromatic carbocycles. The Labute approximate surface area is 93.5 Å². The SMILES string of the molecule is CC(CC#N)N(C)Cc1cnc(NN)s1. The van der Waals surface area contributed by atoms with Gasteiger partial charge in [-0.2, -0.15) is 5.26 Å². The lowest BCUT2D eigenvalue weighted by Crippen LogP contribution is -2.27. The lowest BCUT2D eigenvalue weighted by molar-refractivity contribution is 0.254. The highest BCUT2D eigenvalue weighted by molar-refractivity contribution is 7.15. The van der Waals surface area contributed by atoms with Gasteiger partial charge in [-0.15, -0.1) is 0 Å². The number of hydrogen-bond donors (Lipinski definition) is 2. The van der Waals surface area contributed by atoms with Crippen molar-refractivity contribution in [3.63, 3.8) is 0 Å². The molecule has 0 aliphatic heterocycles. The molecule has 1 heterocycles. The molecule has 0 aliphatic rings. The topological polar surface area (TPSA) is 78.0 Å². The van der Waals surface area contributed by atoms with Gasteiger partial charge in [-0.3, -0.25) is 10.3 Å². The van der Waals surface area contributed by atoms with Crippen molar-refractivity contribution in [3.8, 4) is 6.07 Å². The van der Waals surface area contributed by atoms with Gasteiger partial charge >= 0.3 is 0 Å². The van der Waals surface area contributed by atoms with E-state index in [9.17, 15) is 0 Å². The van der Waals surface area contributed by atoms with Gasteiger partial charge < -0.3 is 0 Å². The number of nitrogens with zero attached hydrogens (tertiary/aromatic N) is 3. The molecule has 5 nitrogen and oxygen atoms in total. The average molecular weight is 225 g/mol. The summed E-state index contributed by atoms with van der Waals surface area (Å²) in [6.45, 7) is 2.83. The van der Waals surface area contributed by atoms with E-state index < -0.39 is 0 Å². The number of nitriles is 1. The molecule has 82 valence electrons. The Morgan fingerprint density at radius 1 is 1.80 bits per heavy atom. The molecule has 6 heteroatoms. The van der Waals surface area contributed by atoms with E-state index in [0.717, 1.165) is 11.4 Å². The molecule has 1 unspecified atom stereocenters. The van der Waals surface area contributed by atoms with Crippen LogP contribution in [-0.2, 0) is 6.54 Å². The highest BCUT2D eigenvalue weighted by Gasteiger charge is 2.10. The number of anilines is 1. The minimum Gasteiger partial charge on any atom is -0.300 e. The number of nitrogens with two attached hydrogens (primary N) is 1. The van der Waals surface area contributed by atoms with Crippen molar-refractivity contribution in [2.45, 2.75) is 25.9 Å². The number of hydrogen-bond acceptors (Lipinski definition) is 6. The summed E-state index contributed by atoms with van der Waals surface area (Å²) in [6, 6.07) is 2.42. The fraction of sp³-hybridized carbons (Fsp3) is 0.556. The largest absolute Gasteiger partial charge is 0.300 e. The Morgan fingerprint density at radius 3 is 3.07 bits per heavy atom. The number of aromatic nitrogens is 1. The summed E-state index contributed by atoms with van der Waals surface area (Å²) >= 11 is 1.52. The van der Waals surface area contributed by atoms with E-state index in [-0.39, 0.29) is 6.04 Å². The smallest absolute Gasteiger partial charge is 0.197 e. The normalized spacial score (nSPS) is 12.5. The molecule has 0 bridgehead atoms. The second kappa shape index (κ2) is 5.66. The first-order valence-corrected chi connectivity index (χ1v) is 5.47. The summed E-state index contributed by atoms with van der Waals surface area (Å²) in [5, 5.41) is 9.30. The van der Waals surface area contributed by atoms with Crippen molar-refractivity contribution in [2.75, 3.05) is 12.5 Å². The number of hydrazine groups is 1. The molecule has 1 aromatic rings. The van der Waals surface area contributed by atoms with Crippen molar-refractivity contribution >= 4 is 16.5 Å². The fourth-order valence-corrected chi connectivity index (χ4v) is 1.92. The molecular weight excluding hydrogens is 210 g/mol. The van der Waals surface area contributed by atoms with Gasteiger partial charge in [0.2, 0.25) is 0 Å². The average Bonchev–Trinajstić information content (AvgIpc) is 2.66. The van der Waals surface area contributed by atoms with Gasteiger partial charge in [0.15, 0.2) is 5.13 Å². The van der Waals surface area contributed by atoms with E-state index in [1.165, 1.54) is 11.3 Å². The van der Waals surface area contributed by atoms with Gasteiger partial charge in [0.05, 0.1) is 12.5 Å². The van der Waals surface area contributed by atoms with Crippen LogP contribution in [0, 0.1) is 11.3 Å². The molecule has 1 atom stereocenters. The Morgan fingerprint density at radius 2 is 2.53 bits per heavy atom. The maximum absolute atomic E-state index is 8.58. The van der Waals surface area contributed by atoms with Crippen LogP contribution in [0.5, 0.6) is 0 Å². The number of rotatable bonds is 5. The van der Waals surface area contributed by atoms with Crippen LogP contribution in [0.4, 0.5) is 5.13 Å². The van der Waals surface area contributed by atoms with Crippen molar-refractivity contribution in [1.29, 1.82) is 5.26 Å². The van der Waals surface area contributed by atoms with Crippen molar-refractivity contribution < 1.29 is 0 Å². The molecule has 0 aliphatic carbocycles. The van der Waals surface area contributed by atoms with Crippen LogP contribution in [0.15, 0.2) is 6.20 Å². The van der Waals surface area contributed by atoms with Crippen LogP contribution in [0.1, 0.15) is 18.2 Å². The van der Waals surface area contributed by atoms with Gasteiger partial charge in [-0.1, -0.05) is 11.3 Å². The molecule has 0 spiro atoms. The van der Waals surface area contributed by atoms with E-state index in [1.807, 2.05) is 14.0 Å². The van der Waals surface area contributed by atoms with Crippen molar-refractivity contribution in [1.82, 2.24) is 9.88 Å². The second-order valence-corrected chi connectivity index (χ2v) is 4.52. The van der Waals surface area contributed by atoms with Crippen LogP contribution in [0.2, 0.25) is 0 Å². The highest BCUT2D eigenvalue weighted by atomic mass is 32.1. The second-order valence-electron chi connectivity index (χ2n) is 3.40. The lowest BCUT2D eigenvalue weighted by Gasteiger charge is -2.21.